The van der Waals surface area contributed by atoms with Gasteiger partial charge in [0.25, 0.3) is 0 Å². The van der Waals surface area contributed by atoms with Crippen molar-refractivity contribution in [3.8, 4) is 5.75 Å². The van der Waals surface area contributed by atoms with Crippen LogP contribution in [0.25, 0.3) is 0 Å². The van der Waals surface area contributed by atoms with Gasteiger partial charge >= 0.3 is 0 Å². The Morgan fingerprint density at radius 3 is 2.79 bits per heavy atom. The largest absolute Gasteiger partial charge is 0.495 e. The highest BCUT2D eigenvalue weighted by atomic mass is 16.5. The first-order valence-corrected chi connectivity index (χ1v) is 6.89. The van der Waals surface area contributed by atoms with Crippen LogP contribution in [0.15, 0.2) is 24.3 Å². The molecule has 1 N–H and O–H groups in total. The molecule has 1 saturated heterocycles. The topological polar surface area (TPSA) is 27.7 Å². The van der Waals surface area contributed by atoms with Crippen LogP contribution < -0.4 is 15.0 Å². The van der Waals surface area contributed by atoms with Crippen LogP contribution in [-0.4, -0.2) is 57.8 Å². The maximum absolute atomic E-state index is 5.51. The van der Waals surface area contributed by atoms with Gasteiger partial charge in [-0.25, -0.2) is 0 Å². The first kappa shape index (κ1) is 14.2. The molecule has 1 aromatic carbocycles. The average Bonchev–Trinajstić information content (AvgIpc) is 2.40. The maximum Gasteiger partial charge on any atom is 0.142 e. The number of benzene rings is 1. The van der Waals surface area contributed by atoms with Crippen molar-refractivity contribution in [1.82, 2.24) is 10.2 Å². The number of nitrogens with one attached hydrogen (secondary N) is 1. The molecular formula is C15H25N3O. The summed E-state index contributed by atoms with van der Waals surface area (Å²) >= 11 is 0. The van der Waals surface area contributed by atoms with Crippen LogP contribution in [0.3, 0.4) is 0 Å². The summed E-state index contributed by atoms with van der Waals surface area (Å²) in [4.78, 5) is 4.71. The highest BCUT2D eigenvalue weighted by Crippen LogP contribution is 2.30. The second-order valence-corrected chi connectivity index (χ2v) is 5.55. The number of likely N-dealkylation sites (N-methyl/N-ethyl adjacent to an activating group) is 1. The second-order valence-electron chi connectivity index (χ2n) is 5.55. The molecule has 1 aromatic rings. The van der Waals surface area contributed by atoms with Gasteiger partial charge in [-0.1, -0.05) is 12.1 Å². The van der Waals surface area contributed by atoms with Gasteiger partial charge in [0.05, 0.1) is 18.8 Å². The lowest BCUT2D eigenvalue weighted by Crippen LogP contribution is -2.58. The normalized spacial score (nSPS) is 23.7. The monoisotopic (exact) mass is 263 g/mol. The number of hydrogen-bond donors (Lipinski definition) is 1. The molecule has 2 rings (SSSR count). The first-order chi connectivity index (χ1) is 9.11. The van der Waals surface area contributed by atoms with Crippen LogP contribution in [0.2, 0.25) is 0 Å². The van der Waals surface area contributed by atoms with E-state index in [1.54, 1.807) is 7.11 Å². The Balaban J connectivity index is 2.25. The van der Waals surface area contributed by atoms with E-state index in [1.165, 1.54) is 5.69 Å². The SMILES string of the molecule is COc1ccccc1N1CC(C)NCC1CN(C)C. The van der Waals surface area contributed by atoms with Crippen molar-refractivity contribution in [2.75, 3.05) is 45.7 Å². The summed E-state index contributed by atoms with van der Waals surface area (Å²) in [6.45, 7) is 5.29. The lowest BCUT2D eigenvalue weighted by molar-refractivity contribution is 0.314. The van der Waals surface area contributed by atoms with E-state index in [-0.39, 0.29) is 0 Å². The lowest BCUT2D eigenvalue weighted by atomic mass is 10.1. The second kappa shape index (κ2) is 6.26. The van der Waals surface area contributed by atoms with Crippen molar-refractivity contribution in [1.29, 1.82) is 0 Å². The van der Waals surface area contributed by atoms with E-state index >= 15 is 0 Å². The molecule has 1 aliphatic heterocycles. The van der Waals surface area contributed by atoms with Gasteiger partial charge in [-0.05, 0) is 33.2 Å². The quantitative estimate of drug-likeness (QED) is 0.889. The molecule has 106 valence electrons. The Morgan fingerprint density at radius 1 is 1.37 bits per heavy atom. The van der Waals surface area contributed by atoms with Crippen LogP contribution in [0.1, 0.15) is 6.92 Å². The zero-order valence-electron chi connectivity index (χ0n) is 12.4. The van der Waals surface area contributed by atoms with E-state index in [9.17, 15) is 0 Å². The van der Waals surface area contributed by atoms with Crippen LogP contribution >= 0.6 is 0 Å². The molecule has 0 amide bonds. The highest BCUT2D eigenvalue weighted by Gasteiger charge is 2.27. The molecule has 2 unspecified atom stereocenters. The minimum absolute atomic E-state index is 0.475. The van der Waals surface area contributed by atoms with Gasteiger partial charge < -0.3 is 19.9 Å². The fraction of sp³-hybridized carbons (Fsp3) is 0.600. The summed E-state index contributed by atoms with van der Waals surface area (Å²) < 4.78 is 5.51. The molecule has 0 aliphatic carbocycles. The third-order valence-corrected chi connectivity index (χ3v) is 3.58. The molecule has 0 radical (unpaired) electrons. The number of para-hydroxylation sites is 2. The van der Waals surface area contributed by atoms with Gasteiger partial charge in [0, 0.05) is 25.7 Å². The Bertz CT molecular complexity index is 408. The molecular weight excluding hydrogens is 238 g/mol. The van der Waals surface area contributed by atoms with Crippen molar-refractivity contribution >= 4 is 5.69 Å². The number of anilines is 1. The molecule has 0 bridgehead atoms. The predicted molar refractivity (Wildman–Crippen MR) is 80.1 cm³/mol. The predicted octanol–water partition coefficient (Wildman–Crippen LogP) is 1.42. The number of hydrogen-bond acceptors (Lipinski definition) is 4. The van der Waals surface area contributed by atoms with Gasteiger partial charge in [0.15, 0.2) is 0 Å². The van der Waals surface area contributed by atoms with E-state index < -0.39 is 0 Å². The van der Waals surface area contributed by atoms with E-state index in [1.807, 2.05) is 12.1 Å². The zero-order chi connectivity index (χ0) is 13.8. The van der Waals surface area contributed by atoms with Crippen molar-refractivity contribution in [2.45, 2.75) is 19.0 Å². The lowest BCUT2D eigenvalue weighted by Gasteiger charge is -2.42. The summed E-state index contributed by atoms with van der Waals surface area (Å²) in [6, 6.07) is 9.27. The maximum atomic E-state index is 5.51. The van der Waals surface area contributed by atoms with Crippen molar-refractivity contribution < 1.29 is 4.74 Å². The Morgan fingerprint density at radius 2 is 2.11 bits per heavy atom. The molecule has 0 spiro atoms. The van der Waals surface area contributed by atoms with Crippen molar-refractivity contribution in [3.63, 3.8) is 0 Å². The van der Waals surface area contributed by atoms with Gasteiger partial charge in [-0.2, -0.15) is 0 Å². The van der Waals surface area contributed by atoms with E-state index in [2.05, 4.69) is 48.3 Å². The molecule has 0 aromatic heterocycles. The Labute approximate surface area is 116 Å². The van der Waals surface area contributed by atoms with Gasteiger partial charge in [-0.15, -0.1) is 0 Å². The third-order valence-electron chi connectivity index (χ3n) is 3.58. The summed E-state index contributed by atoms with van der Waals surface area (Å²) in [5.41, 5.74) is 1.20. The van der Waals surface area contributed by atoms with E-state index in [0.29, 0.717) is 12.1 Å². The van der Waals surface area contributed by atoms with E-state index in [0.717, 1.165) is 25.4 Å². The Hall–Kier alpha value is -1.26. The zero-order valence-corrected chi connectivity index (χ0v) is 12.4. The van der Waals surface area contributed by atoms with Gasteiger partial charge in [0.1, 0.15) is 5.75 Å². The minimum atomic E-state index is 0.475. The van der Waals surface area contributed by atoms with Crippen LogP contribution in [0.4, 0.5) is 5.69 Å². The Kier molecular flexibility index (Phi) is 4.66. The summed E-state index contributed by atoms with van der Waals surface area (Å²) in [5, 5.41) is 3.57. The minimum Gasteiger partial charge on any atom is -0.495 e. The van der Waals surface area contributed by atoms with Crippen molar-refractivity contribution in [3.05, 3.63) is 24.3 Å². The van der Waals surface area contributed by atoms with Crippen LogP contribution in [0.5, 0.6) is 5.75 Å². The van der Waals surface area contributed by atoms with E-state index in [4.69, 9.17) is 4.74 Å². The fourth-order valence-corrected chi connectivity index (χ4v) is 2.70. The number of piperazine rings is 1. The summed E-state index contributed by atoms with van der Waals surface area (Å²) in [6.07, 6.45) is 0. The molecule has 4 heteroatoms. The molecule has 0 saturated carbocycles. The van der Waals surface area contributed by atoms with Crippen molar-refractivity contribution in [2.24, 2.45) is 0 Å². The number of nitrogens with zero attached hydrogens (tertiary/aromatic N) is 2. The molecule has 4 nitrogen and oxygen atoms in total. The average molecular weight is 263 g/mol. The molecule has 1 fully saturated rings. The molecule has 1 aliphatic rings. The van der Waals surface area contributed by atoms with Crippen LogP contribution in [-0.2, 0) is 0 Å². The fourth-order valence-electron chi connectivity index (χ4n) is 2.70. The third kappa shape index (κ3) is 3.39. The number of methoxy groups -OCH3 is 1. The van der Waals surface area contributed by atoms with Gasteiger partial charge in [0.2, 0.25) is 0 Å². The molecule has 1 heterocycles. The smallest absolute Gasteiger partial charge is 0.142 e. The molecule has 2 atom stereocenters. The summed E-state index contributed by atoms with van der Waals surface area (Å²) in [7, 11) is 5.99. The number of rotatable bonds is 4. The first-order valence-electron chi connectivity index (χ1n) is 6.89. The standard InChI is InChI=1S/C15H25N3O/c1-12-10-18(13(9-16-12)11-17(2)3)14-7-5-6-8-15(14)19-4/h5-8,12-13,16H,9-11H2,1-4H3. The highest BCUT2D eigenvalue weighted by molar-refractivity contribution is 5.59. The van der Waals surface area contributed by atoms with Crippen LogP contribution in [0, 0.1) is 0 Å². The molecule has 19 heavy (non-hydrogen) atoms. The number of ether oxygens (including phenoxy) is 1. The van der Waals surface area contributed by atoms with Gasteiger partial charge in [-0.3, -0.25) is 0 Å². The summed E-state index contributed by atoms with van der Waals surface area (Å²) in [5.74, 6) is 0.959.